The Morgan fingerprint density at radius 1 is 1.35 bits per heavy atom. The van der Waals surface area contributed by atoms with Crippen LogP contribution in [0.25, 0.3) is 0 Å². The highest BCUT2D eigenvalue weighted by atomic mass is 16.6. The molecule has 0 bridgehead atoms. The van der Waals surface area contributed by atoms with Crippen LogP contribution in [0.3, 0.4) is 0 Å². The number of nitrogens with one attached hydrogen (secondary N) is 1. The number of phenolic OH excluding ortho intramolecular Hbond substituents is 1. The highest BCUT2D eigenvalue weighted by Crippen LogP contribution is 2.62. The van der Waals surface area contributed by atoms with Gasteiger partial charge in [-0.15, -0.1) is 0 Å². The molecule has 2 N–H and O–H groups in total. The summed E-state index contributed by atoms with van der Waals surface area (Å²) in [5.41, 5.74) is 0.0690. The average molecular weight is 359 g/mol. The number of hydrogen-bond acceptors (Lipinski definition) is 7. The smallest absolute Gasteiger partial charge is 0.298 e. The Bertz CT molecular complexity index is 805. The van der Waals surface area contributed by atoms with Crippen molar-refractivity contribution in [2.24, 2.45) is 0 Å². The number of carbonyl (C=O) groups excluding carboxylic acids is 2. The molecular weight excluding hydrogens is 338 g/mol. The molecule has 4 unspecified atom stereocenters. The highest BCUT2D eigenvalue weighted by Gasteiger charge is 2.70. The van der Waals surface area contributed by atoms with E-state index in [-0.39, 0.29) is 11.8 Å². The number of aromatic hydroxyl groups is 1. The molecule has 2 heterocycles. The van der Waals surface area contributed by atoms with E-state index in [1.807, 2.05) is 19.9 Å². The Hall–Kier alpha value is -2.54. The number of ether oxygens (including phenoxy) is 3. The molecule has 0 radical (unpaired) electrons. The number of aryl methyl sites for hydroxylation is 1. The second-order valence-corrected chi connectivity index (χ2v) is 7.13. The molecule has 4 rings (SSSR count). The van der Waals surface area contributed by atoms with Crippen LogP contribution in [-0.2, 0) is 24.5 Å². The van der Waals surface area contributed by atoms with E-state index in [2.05, 4.69) is 5.32 Å². The zero-order valence-corrected chi connectivity index (χ0v) is 14.7. The van der Waals surface area contributed by atoms with Gasteiger partial charge >= 0.3 is 0 Å². The van der Waals surface area contributed by atoms with Gasteiger partial charge in [-0.05, 0) is 44.5 Å². The lowest BCUT2D eigenvalue weighted by molar-refractivity contribution is -0.174. The van der Waals surface area contributed by atoms with Crippen molar-refractivity contribution >= 4 is 12.9 Å². The van der Waals surface area contributed by atoms with Gasteiger partial charge in [0.05, 0.1) is 5.41 Å². The Morgan fingerprint density at radius 2 is 2.15 bits per heavy atom. The summed E-state index contributed by atoms with van der Waals surface area (Å²) in [4.78, 5) is 22.5. The van der Waals surface area contributed by atoms with E-state index in [0.717, 1.165) is 11.1 Å². The molecule has 1 saturated heterocycles. The number of phenols is 1. The van der Waals surface area contributed by atoms with Gasteiger partial charge in [0.25, 0.3) is 12.9 Å². The Labute approximate surface area is 150 Å². The maximum Gasteiger partial charge on any atom is 0.298 e. The molecule has 0 saturated carbocycles. The van der Waals surface area contributed by atoms with Crippen molar-refractivity contribution in [2.75, 3.05) is 6.54 Å². The molecule has 26 heavy (non-hydrogen) atoms. The number of hydrogen-bond donors (Lipinski definition) is 2. The fraction of sp³-hybridized carbons (Fsp3) is 0.474. The van der Waals surface area contributed by atoms with E-state index in [1.54, 1.807) is 12.1 Å². The molecule has 138 valence electrons. The molecule has 1 aliphatic carbocycles. The van der Waals surface area contributed by atoms with Gasteiger partial charge in [0.15, 0.2) is 17.6 Å². The number of piperidine rings is 1. The van der Waals surface area contributed by atoms with E-state index in [9.17, 15) is 14.7 Å². The van der Waals surface area contributed by atoms with E-state index >= 15 is 0 Å². The lowest BCUT2D eigenvalue weighted by Crippen LogP contribution is -2.72. The van der Waals surface area contributed by atoms with Gasteiger partial charge in [-0.2, -0.15) is 0 Å². The number of rotatable bonds is 4. The molecule has 3 aliphatic rings. The summed E-state index contributed by atoms with van der Waals surface area (Å²) in [5, 5.41) is 13.8. The molecular formula is C19H21NO6. The zero-order valence-electron chi connectivity index (χ0n) is 14.7. The fourth-order valence-corrected chi connectivity index (χ4v) is 5.16. The van der Waals surface area contributed by atoms with Gasteiger partial charge in [-0.25, -0.2) is 0 Å². The van der Waals surface area contributed by atoms with Crippen LogP contribution in [0.15, 0.2) is 24.0 Å². The van der Waals surface area contributed by atoms with Gasteiger partial charge < -0.3 is 24.6 Å². The Morgan fingerprint density at radius 3 is 2.88 bits per heavy atom. The largest absolute Gasteiger partial charge is 0.504 e. The summed E-state index contributed by atoms with van der Waals surface area (Å²) in [6, 6.07) is 3.25. The second-order valence-electron chi connectivity index (χ2n) is 7.13. The molecule has 4 atom stereocenters. The molecule has 7 heteroatoms. The first-order valence-electron chi connectivity index (χ1n) is 8.66. The van der Waals surface area contributed by atoms with E-state index in [0.29, 0.717) is 43.8 Å². The van der Waals surface area contributed by atoms with Crippen LogP contribution >= 0.6 is 0 Å². The number of fused-ring (bicyclic) bond motifs is 1. The molecule has 1 aromatic rings. The summed E-state index contributed by atoms with van der Waals surface area (Å²) in [5.74, 6) is 0.769. The van der Waals surface area contributed by atoms with Gasteiger partial charge in [0, 0.05) is 18.0 Å². The normalized spacial score (nSPS) is 34.5. The maximum absolute atomic E-state index is 11.5. The van der Waals surface area contributed by atoms with Crippen LogP contribution < -0.4 is 10.1 Å². The first-order valence-corrected chi connectivity index (χ1v) is 8.66. The molecule has 2 aliphatic heterocycles. The van der Waals surface area contributed by atoms with Crippen LogP contribution in [-0.4, -0.2) is 42.3 Å². The van der Waals surface area contributed by atoms with Crippen LogP contribution in [0.5, 0.6) is 11.5 Å². The minimum Gasteiger partial charge on any atom is -0.504 e. The van der Waals surface area contributed by atoms with Gasteiger partial charge in [-0.3, -0.25) is 9.59 Å². The summed E-state index contributed by atoms with van der Waals surface area (Å²) in [7, 11) is 0. The summed E-state index contributed by atoms with van der Waals surface area (Å²) in [6.07, 6.45) is 2.06. The standard InChI is InChI=1S/C19H21NO6/c1-11-3-4-13(23)16-15(11)18-7-8-20-12(2)19(18,25-10-22)6-5-14(24-9-21)17(18)26-16/h3-5,9-10,12,17,20,23H,6-8H2,1-2H3. The maximum atomic E-state index is 11.5. The number of benzene rings is 1. The lowest BCUT2D eigenvalue weighted by atomic mass is 9.54. The highest BCUT2D eigenvalue weighted by molar-refractivity contribution is 5.62. The molecule has 1 aromatic carbocycles. The third-order valence-electron chi connectivity index (χ3n) is 6.21. The van der Waals surface area contributed by atoms with Crippen LogP contribution in [0, 0.1) is 6.92 Å². The third-order valence-corrected chi connectivity index (χ3v) is 6.21. The van der Waals surface area contributed by atoms with Gasteiger partial charge in [-0.1, -0.05) is 6.07 Å². The van der Waals surface area contributed by atoms with Crippen LogP contribution in [0.1, 0.15) is 30.9 Å². The quantitative estimate of drug-likeness (QED) is 0.786. The predicted octanol–water partition coefficient (Wildman–Crippen LogP) is 1.45. The molecule has 0 amide bonds. The van der Waals surface area contributed by atoms with Crippen molar-refractivity contribution in [1.29, 1.82) is 0 Å². The molecule has 0 aromatic heterocycles. The minimum absolute atomic E-state index is 0.0195. The van der Waals surface area contributed by atoms with Crippen LogP contribution in [0.2, 0.25) is 0 Å². The summed E-state index contributed by atoms with van der Waals surface area (Å²) < 4.78 is 17.1. The summed E-state index contributed by atoms with van der Waals surface area (Å²) >= 11 is 0. The van der Waals surface area contributed by atoms with Crippen molar-refractivity contribution in [3.63, 3.8) is 0 Å². The minimum atomic E-state index is -0.919. The average Bonchev–Trinajstić information content (AvgIpc) is 2.98. The topological polar surface area (TPSA) is 94.1 Å². The van der Waals surface area contributed by atoms with Crippen molar-refractivity contribution in [1.82, 2.24) is 5.32 Å². The van der Waals surface area contributed by atoms with Crippen LogP contribution in [0.4, 0.5) is 0 Å². The summed E-state index contributed by atoms with van der Waals surface area (Å²) in [6.45, 7) is 5.43. The van der Waals surface area contributed by atoms with Crippen molar-refractivity contribution in [3.8, 4) is 11.5 Å². The van der Waals surface area contributed by atoms with Crippen molar-refractivity contribution < 1.29 is 28.9 Å². The van der Waals surface area contributed by atoms with E-state index in [4.69, 9.17) is 14.2 Å². The fourth-order valence-electron chi connectivity index (χ4n) is 5.16. The molecule has 1 spiro atoms. The lowest BCUT2D eigenvalue weighted by Gasteiger charge is -2.57. The Balaban J connectivity index is 2.04. The molecule has 7 nitrogen and oxygen atoms in total. The zero-order chi connectivity index (χ0) is 18.5. The van der Waals surface area contributed by atoms with Crippen molar-refractivity contribution in [2.45, 2.75) is 49.9 Å². The third kappa shape index (κ3) is 1.86. The SMILES string of the molecule is Cc1ccc(O)c2c1C13CCNC(C)C1(OC=O)CC=C(OC=O)C3O2. The molecule has 1 fully saturated rings. The monoisotopic (exact) mass is 359 g/mol. The van der Waals surface area contributed by atoms with E-state index in [1.165, 1.54) is 0 Å². The van der Waals surface area contributed by atoms with Gasteiger partial charge in [0.2, 0.25) is 0 Å². The number of carbonyl (C=O) groups is 2. The first-order chi connectivity index (χ1) is 12.5. The Kier molecular flexibility index (Phi) is 3.73. The van der Waals surface area contributed by atoms with Gasteiger partial charge in [0.1, 0.15) is 11.4 Å². The first kappa shape index (κ1) is 16.9. The van der Waals surface area contributed by atoms with E-state index < -0.39 is 17.1 Å². The van der Waals surface area contributed by atoms with Crippen molar-refractivity contribution in [3.05, 3.63) is 35.1 Å². The second kappa shape index (κ2) is 5.74. The predicted molar refractivity (Wildman–Crippen MR) is 90.7 cm³/mol.